The molecule has 0 fully saturated rings. The summed E-state index contributed by atoms with van der Waals surface area (Å²) in [5.74, 6) is -0.268. The van der Waals surface area contributed by atoms with Gasteiger partial charge in [0.1, 0.15) is 5.82 Å². The molecule has 0 aliphatic heterocycles. The van der Waals surface area contributed by atoms with Crippen LogP contribution in [0.1, 0.15) is 11.1 Å². The molecule has 0 amide bonds. The highest BCUT2D eigenvalue weighted by Gasteiger charge is 2.04. The van der Waals surface area contributed by atoms with Crippen LogP contribution in [0, 0.1) is 12.7 Å². The monoisotopic (exact) mass is 309 g/mol. The molecule has 4 heteroatoms. The van der Waals surface area contributed by atoms with Gasteiger partial charge >= 0.3 is 0 Å². The lowest BCUT2D eigenvalue weighted by Gasteiger charge is -2.09. The van der Waals surface area contributed by atoms with Crippen molar-refractivity contribution in [2.75, 3.05) is 5.48 Å². The Labute approximate surface area is 114 Å². The van der Waals surface area contributed by atoms with Crippen LogP contribution in [-0.2, 0) is 11.4 Å². The van der Waals surface area contributed by atoms with Crippen molar-refractivity contribution >= 4 is 21.6 Å². The summed E-state index contributed by atoms with van der Waals surface area (Å²) in [6.45, 7) is 2.14. The van der Waals surface area contributed by atoms with Crippen molar-refractivity contribution in [1.29, 1.82) is 0 Å². The van der Waals surface area contributed by atoms with Gasteiger partial charge in [0.2, 0.25) is 0 Å². The molecule has 0 unspecified atom stereocenters. The Bertz CT molecular complexity index is 508. The quantitative estimate of drug-likeness (QED) is 0.843. The fourth-order valence-corrected chi connectivity index (χ4v) is 1.92. The number of benzene rings is 2. The number of hydrogen-bond donors (Lipinski definition) is 1. The summed E-state index contributed by atoms with van der Waals surface area (Å²) in [7, 11) is 0. The third-order valence-corrected chi connectivity index (χ3v) is 3.38. The highest BCUT2D eigenvalue weighted by Crippen LogP contribution is 2.24. The Hall–Kier alpha value is -1.39. The van der Waals surface area contributed by atoms with Gasteiger partial charge in [-0.1, -0.05) is 46.3 Å². The molecular weight excluding hydrogens is 297 g/mol. The van der Waals surface area contributed by atoms with Gasteiger partial charge in [-0.25, -0.2) is 4.39 Å². The number of hydrogen-bond acceptors (Lipinski definition) is 2. The number of nitrogens with one attached hydrogen (secondary N) is 1. The zero-order valence-electron chi connectivity index (χ0n) is 9.91. The van der Waals surface area contributed by atoms with Crippen LogP contribution in [0.4, 0.5) is 10.1 Å². The molecule has 0 saturated carbocycles. The van der Waals surface area contributed by atoms with E-state index in [1.54, 1.807) is 13.0 Å². The van der Waals surface area contributed by atoms with E-state index in [1.165, 1.54) is 6.07 Å². The fraction of sp³-hybridized carbons (Fsp3) is 0.143. The first kappa shape index (κ1) is 13.1. The molecular formula is C14H13BrFNO. The lowest BCUT2D eigenvalue weighted by molar-refractivity contribution is 0.180. The SMILES string of the molecule is Cc1c(F)cc(NOCc2ccccc2)cc1Br. The average Bonchev–Trinajstić information content (AvgIpc) is 2.37. The highest BCUT2D eigenvalue weighted by molar-refractivity contribution is 9.10. The van der Waals surface area contributed by atoms with Crippen LogP contribution in [0.25, 0.3) is 0 Å². The lowest BCUT2D eigenvalue weighted by atomic mass is 10.2. The van der Waals surface area contributed by atoms with Crippen LogP contribution in [0.5, 0.6) is 0 Å². The third kappa shape index (κ3) is 3.31. The van der Waals surface area contributed by atoms with Crippen LogP contribution >= 0.6 is 15.9 Å². The average molecular weight is 310 g/mol. The molecule has 0 spiro atoms. The Morgan fingerprint density at radius 2 is 1.94 bits per heavy atom. The van der Waals surface area contributed by atoms with Crippen molar-refractivity contribution in [3.05, 3.63) is 63.9 Å². The van der Waals surface area contributed by atoms with Gasteiger partial charge in [0.05, 0.1) is 12.3 Å². The predicted octanol–water partition coefficient (Wildman–Crippen LogP) is 4.44. The van der Waals surface area contributed by atoms with Gasteiger partial charge in [-0.05, 0) is 30.2 Å². The van der Waals surface area contributed by atoms with E-state index in [1.807, 2.05) is 30.3 Å². The van der Waals surface area contributed by atoms with Crippen molar-refractivity contribution in [1.82, 2.24) is 0 Å². The number of anilines is 1. The Kier molecular flexibility index (Phi) is 4.33. The standard InChI is InChI=1S/C14H13BrFNO/c1-10-13(15)7-12(8-14(10)16)17-18-9-11-5-3-2-4-6-11/h2-8,17H,9H2,1H3. The molecule has 18 heavy (non-hydrogen) atoms. The van der Waals surface area contributed by atoms with Gasteiger partial charge in [0.25, 0.3) is 0 Å². The van der Waals surface area contributed by atoms with Crippen LogP contribution < -0.4 is 5.48 Å². The van der Waals surface area contributed by atoms with Crippen molar-refractivity contribution < 1.29 is 9.23 Å². The first-order valence-corrected chi connectivity index (χ1v) is 6.33. The maximum absolute atomic E-state index is 13.5. The molecule has 0 atom stereocenters. The first-order valence-electron chi connectivity index (χ1n) is 5.54. The van der Waals surface area contributed by atoms with Crippen molar-refractivity contribution in [2.45, 2.75) is 13.5 Å². The fourth-order valence-electron chi connectivity index (χ4n) is 1.48. The van der Waals surface area contributed by atoms with Crippen molar-refractivity contribution in [3.8, 4) is 0 Å². The van der Waals surface area contributed by atoms with Crippen LogP contribution in [0.3, 0.4) is 0 Å². The number of rotatable bonds is 4. The van der Waals surface area contributed by atoms with Gasteiger partial charge < -0.3 is 0 Å². The molecule has 2 nitrogen and oxygen atoms in total. The predicted molar refractivity (Wildman–Crippen MR) is 73.7 cm³/mol. The van der Waals surface area contributed by atoms with Gasteiger partial charge in [-0.2, -0.15) is 0 Å². The Morgan fingerprint density at radius 3 is 2.61 bits per heavy atom. The zero-order valence-corrected chi connectivity index (χ0v) is 11.5. The molecule has 94 valence electrons. The minimum Gasteiger partial charge on any atom is -0.271 e. The first-order chi connectivity index (χ1) is 8.66. The van der Waals surface area contributed by atoms with E-state index < -0.39 is 0 Å². The smallest absolute Gasteiger partial charge is 0.129 e. The maximum Gasteiger partial charge on any atom is 0.129 e. The van der Waals surface area contributed by atoms with Crippen molar-refractivity contribution in [3.63, 3.8) is 0 Å². The number of halogens is 2. The molecule has 0 aliphatic rings. The minimum absolute atomic E-state index is 0.268. The molecule has 0 aromatic heterocycles. The highest BCUT2D eigenvalue weighted by atomic mass is 79.9. The summed E-state index contributed by atoms with van der Waals surface area (Å²) in [6, 6.07) is 13.0. The molecule has 2 aromatic carbocycles. The van der Waals surface area contributed by atoms with Crippen LogP contribution in [0.2, 0.25) is 0 Å². The maximum atomic E-state index is 13.5. The summed E-state index contributed by atoms with van der Waals surface area (Å²) in [6.07, 6.45) is 0. The van der Waals surface area contributed by atoms with Gasteiger partial charge in [-0.15, -0.1) is 0 Å². The van der Waals surface area contributed by atoms with Gasteiger partial charge in [-0.3, -0.25) is 10.3 Å². The normalized spacial score (nSPS) is 10.4. The summed E-state index contributed by atoms with van der Waals surface area (Å²) in [5, 5.41) is 0. The van der Waals surface area contributed by atoms with E-state index in [0.717, 1.165) is 5.56 Å². The lowest BCUT2D eigenvalue weighted by Crippen LogP contribution is -2.02. The summed E-state index contributed by atoms with van der Waals surface area (Å²) >= 11 is 3.30. The molecule has 2 aromatic rings. The summed E-state index contributed by atoms with van der Waals surface area (Å²) in [4.78, 5) is 5.32. The Balaban J connectivity index is 1.95. The van der Waals surface area contributed by atoms with E-state index in [9.17, 15) is 4.39 Å². The van der Waals surface area contributed by atoms with Crippen molar-refractivity contribution in [2.24, 2.45) is 0 Å². The van der Waals surface area contributed by atoms with Gasteiger partial charge in [0.15, 0.2) is 0 Å². The largest absolute Gasteiger partial charge is 0.271 e. The minimum atomic E-state index is -0.268. The van der Waals surface area contributed by atoms with Crippen LogP contribution in [0.15, 0.2) is 46.9 Å². The molecule has 0 aliphatic carbocycles. The molecule has 1 N–H and O–H groups in total. The molecule has 2 rings (SSSR count). The van der Waals surface area contributed by atoms with Crippen LogP contribution in [-0.4, -0.2) is 0 Å². The van der Waals surface area contributed by atoms with E-state index in [2.05, 4.69) is 21.4 Å². The van der Waals surface area contributed by atoms with E-state index in [0.29, 0.717) is 22.3 Å². The third-order valence-electron chi connectivity index (χ3n) is 2.55. The summed E-state index contributed by atoms with van der Waals surface area (Å²) < 4.78 is 14.2. The summed E-state index contributed by atoms with van der Waals surface area (Å²) in [5.41, 5.74) is 4.96. The van der Waals surface area contributed by atoms with E-state index in [-0.39, 0.29) is 5.82 Å². The topological polar surface area (TPSA) is 21.3 Å². The second-order valence-electron chi connectivity index (χ2n) is 3.94. The van der Waals surface area contributed by atoms with Gasteiger partial charge in [0, 0.05) is 4.47 Å². The Morgan fingerprint density at radius 1 is 1.22 bits per heavy atom. The van der Waals surface area contributed by atoms with E-state index in [4.69, 9.17) is 4.84 Å². The molecule has 0 heterocycles. The second-order valence-corrected chi connectivity index (χ2v) is 4.80. The second kappa shape index (κ2) is 5.98. The molecule has 0 saturated heterocycles. The molecule has 0 radical (unpaired) electrons. The van der Waals surface area contributed by atoms with E-state index >= 15 is 0 Å². The molecule has 0 bridgehead atoms. The zero-order chi connectivity index (χ0) is 13.0.